The fraction of sp³-hybridized carbons (Fsp3) is 0.250. The van der Waals surface area contributed by atoms with Gasteiger partial charge in [0.2, 0.25) is 0 Å². The van der Waals surface area contributed by atoms with Crippen LogP contribution in [0.1, 0.15) is 24.2 Å². The molecule has 7 nitrogen and oxygen atoms in total. The van der Waals surface area contributed by atoms with Gasteiger partial charge in [-0.25, -0.2) is 9.59 Å². The van der Waals surface area contributed by atoms with Crippen molar-refractivity contribution in [1.29, 1.82) is 0 Å². The van der Waals surface area contributed by atoms with E-state index in [-0.39, 0.29) is 17.2 Å². The van der Waals surface area contributed by atoms with E-state index in [4.69, 9.17) is 4.74 Å². The van der Waals surface area contributed by atoms with Crippen molar-refractivity contribution in [3.05, 3.63) is 54.1 Å². The van der Waals surface area contributed by atoms with Gasteiger partial charge in [0.1, 0.15) is 5.75 Å². The highest BCUT2D eigenvalue weighted by Gasteiger charge is 2.13. The molecule has 0 aliphatic heterocycles. The summed E-state index contributed by atoms with van der Waals surface area (Å²) in [5.74, 6) is -0.932. The van der Waals surface area contributed by atoms with Crippen LogP contribution in [0.4, 0.5) is 4.79 Å². The Morgan fingerprint density at radius 1 is 0.963 bits per heavy atom. The van der Waals surface area contributed by atoms with Crippen LogP contribution in [0, 0.1) is 5.92 Å². The van der Waals surface area contributed by atoms with Crippen molar-refractivity contribution >= 4 is 17.9 Å². The van der Waals surface area contributed by atoms with Crippen molar-refractivity contribution in [2.24, 2.45) is 5.92 Å². The van der Waals surface area contributed by atoms with Crippen molar-refractivity contribution in [2.45, 2.75) is 13.8 Å². The van der Waals surface area contributed by atoms with E-state index in [2.05, 4.69) is 10.6 Å². The maximum Gasteiger partial charge on any atom is 0.338 e. The summed E-state index contributed by atoms with van der Waals surface area (Å²) in [6, 6.07) is 12.7. The number of nitrogens with one attached hydrogen (secondary N) is 2. The third-order valence-corrected chi connectivity index (χ3v) is 3.58. The SMILES string of the molecule is CC(C)CNC(=O)NC(=O)COC(=O)c1ccc(-c2ccc(O)cc2)cc1. The van der Waals surface area contributed by atoms with Crippen LogP contribution < -0.4 is 10.6 Å². The van der Waals surface area contributed by atoms with Crippen LogP contribution >= 0.6 is 0 Å². The Balaban J connectivity index is 1.84. The Bertz CT molecular complexity index is 798. The van der Waals surface area contributed by atoms with Gasteiger partial charge in [-0.3, -0.25) is 10.1 Å². The first-order chi connectivity index (χ1) is 12.8. The number of carbonyl (C=O) groups excluding carboxylic acids is 3. The predicted molar refractivity (Wildman–Crippen MR) is 100 cm³/mol. The van der Waals surface area contributed by atoms with Crippen LogP contribution in [0.3, 0.4) is 0 Å². The van der Waals surface area contributed by atoms with E-state index in [1.807, 2.05) is 13.8 Å². The van der Waals surface area contributed by atoms with Gasteiger partial charge in [0.05, 0.1) is 5.56 Å². The zero-order valence-electron chi connectivity index (χ0n) is 15.2. The number of phenols is 1. The third kappa shape index (κ3) is 6.47. The number of imide groups is 1. The van der Waals surface area contributed by atoms with Crippen molar-refractivity contribution in [3.63, 3.8) is 0 Å². The molecule has 0 spiro atoms. The molecule has 2 rings (SSSR count). The highest BCUT2D eigenvalue weighted by molar-refractivity contribution is 5.97. The molecule has 2 aromatic carbocycles. The van der Waals surface area contributed by atoms with Gasteiger partial charge in [-0.05, 0) is 41.3 Å². The van der Waals surface area contributed by atoms with Gasteiger partial charge in [-0.2, -0.15) is 0 Å². The number of aromatic hydroxyl groups is 1. The Labute approximate surface area is 157 Å². The van der Waals surface area contributed by atoms with Crippen molar-refractivity contribution in [2.75, 3.05) is 13.2 Å². The summed E-state index contributed by atoms with van der Waals surface area (Å²) in [6.07, 6.45) is 0. The standard InChI is InChI=1S/C20H22N2O5/c1-13(2)11-21-20(26)22-18(24)12-27-19(25)16-5-3-14(4-6-16)15-7-9-17(23)10-8-15/h3-10,13,23H,11-12H2,1-2H3,(H2,21,22,24,26). The molecule has 3 amide bonds. The number of carbonyl (C=O) groups is 3. The monoisotopic (exact) mass is 370 g/mol. The molecule has 0 heterocycles. The minimum Gasteiger partial charge on any atom is -0.508 e. The third-order valence-electron chi connectivity index (χ3n) is 3.58. The number of urea groups is 1. The van der Waals surface area contributed by atoms with E-state index in [1.165, 1.54) is 0 Å². The lowest BCUT2D eigenvalue weighted by Gasteiger charge is -2.09. The van der Waals surface area contributed by atoms with Crippen LogP contribution in [-0.2, 0) is 9.53 Å². The zero-order valence-corrected chi connectivity index (χ0v) is 15.2. The largest absolute Gasteiger partial charge is 0.508 e. The second kappa shape index (κ2) is 9.38. The quantitative estimate of drug-likeness (QED) is 0.678. The van der Waals surface area contributed by atoms with E-state index < -0.39 is 24.5 Å². The van der Waals surface area contributed by atoms with Gasteiger partial charge in [0, 0.05) is 6.54 Å². The molecule has 0 unspecified atom stereocenters. The summed E-state index contributed by atoms with van der Waals surface area (Å²) in [5.41, 5.74) is 2.04. The van der Waals surface area contributed by atoms with E-state index in [0.29, 0.717) is 6.54 Å². The average molecular weight is 370 g/mol. The predicted octanol–water partition coefficient (Wildman–Crippen LogP) is 2.70. The van der Waals surface area contributed by atoms with Crippen LogP contribution in [0.2, 0.25) is 0 Å². The minimum atomic E-state index is -0.703. The molecule has 142 valence electrons. The number of phenolic OH excluding ortho intramolecular Hbond substituents is 1. The van der Waals surface area contributed by atoms with Crippen LogP contribution in [0.15, 0.2) is 48.5 Å². The molecular formula is C20H22N2O5. The highest BCUT2D eigenvalue weighted by Crippen LogP contribution is 2.22. The number of benzene rings is 2. The van der Waals surface area contributed by atoms with Gasteiger partial charge in [-0.15, -0.1) is 0 Å². The van der Waals surface area contributed by atoms with Crippen LogP contribution in [-0.4, -0.2) is 36.2 Å². The number of esters is 1. The lowest BCUT2D eigenvalue weighted by molar-refractivity contribution is -0.123. The molecular weight excluding hydrogens is 348 g/mol. The zero-order chi connectivity index (χ0) is 19.8. The number of hydrogen-bond donors (Lipinski definition) is 3. The molecule has 0 aromatic heterocycles. The molecule has 0 saturated heterocycles. The lowest BCUT2D eigenvalue weighted by atomic mass is 10.0. The van der Waals surface area contributed by atoms with E-state index >= 15 is 0 Å². The fourth-order valence-corrected chi connectivity index (χ4v) is 2.17. The van der Waals surface area contributed by atoms with Gasteiger partial charge in [-0.1, -0.05) is 38.1 Å². The van der Waals surface area contributed by atoms with Gasteiger partial charge in [0.15, 0.2) is 6.61 Å². The van der Waals surface area contributed by atoms with Gasteiger partial charge >= 0.3 is 12.0 Å². The fourth-order valence-electron chi connectivity index (χ4n) is 2.17. The second-order valence-corrected chi connectivity index (χ2v) is 6.35. The van der Waals surface area contributed by atoms with E-state index in [0.717, 1.165) is 11.1 Å². The van der Waals surface area contributed by atoms with Crippen molar-refractivity contribution in [3.8, 4) is 16.9 Å². The molecule has 0 bridgehead atoms. The second-order valence-electron chi connectivity index (χ2n) is 6.35. The summed E-state index contributed by atoms with van der Waals surface area (Å²) in [7, 11) is 0. The molecule has 0 radical (unpaired) electrons. The van der Waals surface area contributed by atoms with Gasteiger partial charge in [0.25, 0.3) is 5.91 Å². The maximum absolute atomic E-state index is 12.0. The molecule has 0 aliphatic rings. The minimum absolute atomic E-state index is 0.176. The van der Waals surface area contributed by atoms with Crippen molar-refractivity contribution < 1.29 is 24.2 Å². The maximum atomic E-state index is 12.0. The first-order valence-electron chi connectivity index (χ1n) is 8.49. The van der Waals surface area contributed by atoms with E-state index in [9.17, 15) is 19.5 Å². The van der Waals surface area contributed by atoms with Gasteiger partial charge < -0.3 is 15.2 Å². The summed E-state index contributed by atoms with van der Waals surface area (Å²) in [6.45, 7) is 3.74. The number of hydrogen-bond acceptors (Lipinski definition) is 5. The summed E-state index contributed by atoms with van der Waals surface area (Å²) in [5, 5.41) is 13.9. The Morgan fingerprint density at radius 3 is 2.07 bits per heavy atom. The Morgan fingerprint density at radius 2 is 1.52 bits per heavy atom. The Kier molecular flexibility index (Phi) is 6.93. The lowest BCUT2D eigenvalue weighted by Crippen LogP contribution is -2.42. The molecule has 0 aliphatic carbocycles. The molecule has 27 heavy (non-hydrogen) atoms. The number of ether oxygens (including phenoxy) is 1. The highest BCUT2D eigenvalue weighted by atomic mass is 16.5. The first-order valence-corrected chi connectivity index (χ1v) is 8.49. The van der Waals surface area contributed by atoms with Crippen LogP contribution in [0.5, 0.6) is 5.75 Å². The van der Waals surface area contributed by atoms with Crippen molar-refractivity contribution in [1.82, 2.24) is 10.6 Å². The molecule has 2 aromatic rings. The Hall–Kier alpha value is -3.35. The number of rotatable bonds is 6. The topological polar surface area (TPSA) is 105 Å². The summed E-state index contributed by atoms with van der Waals surface area (Å²) in [4.78, 5) is 35.1. The molecule has 0 atom stereocenters. The average Bonchev–Trinajstić information content (AvgIpc) is 2.65. The normalized spacial score (nSPS) is 10.3. The first kappa shape index (κ1) is 20.0. The summed E-state index contributed by atoms with van der Waals surface area (Å²) < 4.78 is 4.91. The molecule has 0 saturated carbocycles. The molecule has 3 N–H and O–H groups in total. The molecule has 7 heteroatoms. The van der Waals surface area contributed by atoms with E-state index in [1.54, 1.807) is 48.5 Å². The smallest absolute Gasteiger partial charge is 0.338 e. The number of amides is 3. The summed E-state index contributed by atoms with van der Waals surface area (Å²) >= 11 is 0. The van der Waals surface area contributed by atoms with Crippen LogP contribution in [0.25, 0.3) is 11.1 Å². The molecule has 0 fully saturated rings.